The normalized spacial score (nSPS) is 14.7. The first-order chi connectivity index (χ1) is 13.1. The van der Waals surface area contributed by atoms with Gasteiger partial charge in [-0.3, -0.25) is 4.79 Å². The monoisotopic (exact) mass is 401 g/mol. The quantitative estimate of drug-likeness (QED) is 0.615. The van der Waals surface area contributed by atoms with Crippen LogP contribution in [0.25, 0.3) is 10.2 Å². The lowest BCUT2D eigenvalue weighted by Crippen LogP contribution is -2.49. The molecule has 0 radical (unpaired) electrons. The van der Waals surface area contributed by atoms with E-state index in [4.69, 9.17) is 0 Å². The number of rotatable bonds is 4. The average Bonchev–Trinajstić information content (AvgIpc) is 3.13. The fourth-order valence-electron chi connectivity index (χ4n) is 3.06. The Hall–Kier alpha value is -2.12. The molecule has 0 N–H and O–H groups in total. The highest BCUT2D eigenvalue weighted by atomic mass is 32.2. The molecule has 3 aromatic rings. The lowest BCUT2D eigenvalue weighted by Gasteiger charge is -2.34. The zero-order chi connectivity index (χ0) is 18.8. The molecule has 1 aliphatic rings. The van der Waals surface area contributed by atoms with Crippen LogP contribution >= 0.6 is 23.1 Å². The summed E-state index contributed by atoms with van der Waals surface area (Å²) in [5, 5.41) is 0.830. The van der Waals surface area contributed by atoms with Crippen LogP contribution in [0, 0.1) is 12.7 Å². The Balaban J connectivity index is 1.33. The molecule has 1 aliphatic heterocycles. The molecule has 2 heterocycles. The van der Waals surface area contributed by atoms with Crippen LogP contribution in [0.1, 0.15) is 5.56 Å². The maximum Gasteiger partial charge on any atom is 0.233 e. The minimum absolute atomic E-state index is 0.163. The number of para-hydroxylation sites is 1. The van der Waals surface area contributed by atoms with Crippen LogP contribution in [0.15, 0.2) is 47.4 Å². The minimum Gasteiger partial charge on any atom is -0.345 e. The first-order valence-electron chi connectivity index (χ1n) is 8.87. The number of piperazine rings is 1. The highest BCUT2D eigenvalue weighted by molar-refractivity contribution is 8.00. The molecule has 0 saturated carbocycles. The topological polar surface area (TPSA) is 36.4 Å². The van der Waals surface area contributed by atoms with Gasteiger partial charge in [-0.15, -0.1) is 11.8 Å². The van der Waals surface area contributed by atoms with Gasteiger partial charge in [0.25, 0.3) is 0 Å². The molecule has 4 rings (SSSR count). The summed E-state index contributed by atoms with van der Waals surface area (Å²) in [6.45, 7) is 4.85. The largest absolute Gasteiger partial charge is 0.345 e. The van der Waals surface area contributed by atoms with Crippen molar-refractivity contribution in [2.24, 2.45) is 0 Å². The number of anilines is 1. The summed E-state index contributed by atoms with van der Waals surface area (Å²) in [6, 6.07) is 13.3. The molecule has 0 unspecified atom stereocenters. The molecule has 0 aliphatic carbocycles. The first kappa shape index (κ1) is 18.3. The highest BCUT2D eigenvalue weighted by Crippen LogP contribution is 2.30. The molecule has 2 aromatic carbocycles. The van der Waals surface area contributed by atoms with Crippen LogP contribution in [0.5, 0.6) is 0 Å². The first-order valence-corrected chi connectivity index (χ1v) is 10.7. The molecule has 0 spiro atoms. The van der Waals surface area contributed by atoms with Crippen molar-refractivity contribution in [3.8, 4) is 0 Å². The molecule has 1 amide bonds. The molecule has 1 fully saturated rings. The van der Waals surface area contributed by atoms with Gasteiger partial charge in [0.1, 0.15) is 11.3 Å². The van der Waals surface area contributed by atoms with Crippen LogP contribution < -0.4 is 4.90 Å². The highest BCUT2D eigenvalue weighted by Gasteiger charge is 2.23. The SMILES string of the molecule is Cc1ccc(SCC(=O)N2CCN(c3nc4c(F)cccc4s3)CC2)cc1. The van der Waals surface area contributed by atoms with Gasteiger partial charge in [-0.1, -0.05) is 35.1 Å². The molecule has 0 atom stereocenters. The van der Waals surface area contributed by atoms with Crippen molar-refractivity contribution >= 4 is 44.4 Å². The van der Waals surface area contributed by atoms with Crippen LogP contribution in [-0.2, 0) is 4.79 Å². The number of halogens is 1. The van der Waals surface area contributed by atoms with Gasteiger partial charge in [-0.25, -0.2) is 9.37 Å². The van der Waals surface area contributed by atoms with E-state index in [1.807, 2.05) is 11.0 Å². The third-order valence-electron chi connectivity index (χ3n) is 4.64. The molecule has 7 heteroatoms. The molecular formula is C20H20FN3OS2. The van der Waals surface area contributed by atoms with Gasteiger partial charge >= 0.3 is 0 Å². The Morgan fingerprint density at radius 3 is 2.59 bits per heavy atom. The van der Waals surface area contributed by atoms with Gasteiger partial charge in [0.15, 0.2) is 5.13 Å². The Morgan fingerprint density at radius 1 is 1.15 bits per heavy atom. The lowest BCUT2D eigenvalue weighted by atomic mass is 10.2. The maximum absolute atomic E-state index is 13.9. The Kier molecular flexibility index (Phi) is 5.31. The zero-order valence-electron chi connectivity index (χ0n) is 15.0. The Morgan fingerprint density at radius 2 is 1.89 bits per heavy atom. The fourth-order valence-corrected chi connectivity index (χ4v) is 4.89. The number of thioether (sulfide) groups is 1. The minimum atomic E-state index is -0.281. The number of carbonyl (C=O) groups is 1. The molecule has 4 nitrogen and oxygen atoms in total. The fraction of sp³-hybridized carbons (Fsp3) is 0.300. The van der Waals surface area contributed by atoms with Crippen molar-refractivity contribution in [3.05, 3.63) is 53.8 Å². The summed E-state index contributed by atoms with van der Waals surface area (Å²) in [5.74, 6) is 0.336. The number of fused-ring (bicyclic) bond motifs is 1. The van der Waals surface area contributed by atoms with Gasteiger partial charge in [-0.2, -0.15) is 0 Å². The smallest absolute Gasteiger partial charge is 0.233 e. The van der Waals surface area contributed by atoms with E-state index >= 15 is 0 Å². The van der Waals surface area contributed by atoms with E-state index < -0.39 is 0 Å². The van der Waals surface area contributed by atoms with Crippen molar-refractivity contribution in [1.29, 1.82) is 0 Å². The second-order valence-electron chi connectivity index (χ2n) is 6.55. The van der Waals surface area contributed by atoms with Crippen molar-refractivity contribution in [2.75, 3.05) is 36.8 Å². The van der Waals surface area contributed by atoms with Crippen LogP contribution in [0.3, 0.4) is 0 Å². The van der Waals surface area contributed by atoms with Crippen molar-refractivity contribution in [2.45, 2.75) is 11.8 Å². The standard InChI is InChI=1S/C20H20FN3OS2/c1-14-5-7-15(8-6-14)26-13-18(25)23-9-11-24(12-10-23)20-22-19-16(21)3-2-4-17(19)27-20/h2-8H,9-13H2,1H3. The number of aromatic nitrogens is 1. The number of hydrogen-bond acceptors (Lipinski definition) is 5. The molecule has 140 valence electrons. The third kappa shape index (κ3) is 4.09. The zero-order valence-corrected chi connectivity index (χ0v) is 16.7. The van der Waals surface area contributed by atoms with E-state index in [1.165, 1.54) is 23.0 Å². The molecule has 1 aromatic heterocycles. The summed E-state index contributed by atoms with van der Waals surface area (Å²) in [5.41, 5.74) is 1.65. The number of hydrogen-bond donors (Lipinski definition) is 0. The van der Waals surface area contributed by atoms with Crippen LogP contribution in [0.2, 0.25) is 0 Å². The van der Waals surface area contributed by atoms with Crippen molar-refractivity contribution in [3.63, 3.8) is 0 Å². The molecule has 0 bridgehead atoms. The summed E-state index contributed by atoms with van der Waals surface area (Å²) in [4.78, 5) is 22.1. The number of benzene rings is 2. The van der Waals surface area contributed by atoms with E-state index in [2.05, 4.69) is 41.1 Å². The van der Waals surface area contributed by atoms with Crippen molar-refractivity contribution < 1.29 is 9.18 Å². The number of amides is 1. The van der Waals surface area contributed by atoms with Crippen LogP contribution in [-0.4, -0.2) is 47.7 Å². The van der Waals surface area contributed by atoms with E-state index in [1.54, 1.807) is 17.8 Å². The van der Waals surface area contributed by atoms with Crippen molar-refractivity contribution in [1.82, 2.24) is 9.88 Å². The summed E-state index contributed by atoms with van der Waals surface area (Å²) < 4.78 is 14.7. The molecule has 27 heavy (non-hydrogen) atoms. The number of carbonyl (C=O) groups excluding carboxylic acids is 1. The van der Waals surface area contributed by atoms with E-state index in [0.29, 0.717) is 24.4 Å². The van der Waals surface area contributed by atoms with E-state index in [9.17, 15) is 9.18 Å². The van der Waals surface area contributed by atoms with Gasteiger partial charge in [0.2, 0.25) is 5.91 Å². The van der Waals surface area contributed by atoms with Gasteiger partial charge in [0, 0.05) is 31.1 Å². The van der Waals surface area contributed by atoms with Crippen LogP contribution in [0.4, 0.5) is 9.52 Å². The Bertz CT molecular complexity index is 950. The average molecular weight is 402 g/mol. The number of thiazole rings is 1. The third-order valence-corrected chi connectivity index (χ3v) is 6.72. The van der Waals surface area contributed by atoms with E-state index in [0.717, 1.165) is 27.8 Å². The van der Waals surface area contributed by atoms with E-state index in [-0.39, 0.29) is 11.7 Å². The van der Waals surface area contributed by atoms with Gasteiger partial charge < -0.3 is 9.80 Å². The predicted octanol–water partition coefficient (Wildman–Crippen LogP) is 4.18. The number of aryl methyl sites for hydroxylation is 1. The predicted molar refractivity (Wildman–Crippen MR) is 110 cm³/mol. The Labute approximate surface area is 166 Å². The van der Waals surface area contributed by atoms with Gasteiger partial charge in [0.05, 0.1) is 10.5 Å². The number of nitrogens with zero attached hydrogens (tertiary/aromatic N) is 3. The molecular weight excluding hydrogens is 381 g/mol. The summed E-state index contributed by atoms with van der Waals surface area (Å²) >= 11 is 3.08. The molecule has 1 saturated heterocycles. The summed E-state index contributed by atoms with van der Waals surface area (Å²) in [7, 11) is 0. The lowest BCUT2D eigenvalue weighted by molar-refractivity contribution is -0.128. The maximum atomic E-state index is 13.9. The second kappa shape index (κ2) is 7.86. The van der Waals surface area contributed by atoms with Gasteiger partial charge in [-0.05, 0) is 31.2 Å². The summed E-state index contributed by atoms with van der Waals surface area (Å²) in [6.07, 6.45) is 0. The second-order valence-corrected chi connectivity index (χ2v) is 8.61.